The molecule has 1 aliphatic heterocycles. The van der Waals surface area contributed by atoms with E-state index in [9.17, 15) is 0 Å². The summed E-state index contributed by atoms with van der Waals surface area (Å²) in [5.41, 5.74) is 6.87. The number of nitrogens with zero attached hydrogens (tertiary/aromatic N) is 3. The lowest BCUT2D eigenvalue weighted by atomic mass is 10.1. The molecule has 1 aromatic carbocycles. The second-order valence-corrected chi connectivity index (χ2v) is 5.84. The van der Waals surface area contributed by atoms with Gasteiger partial charge >= 0.3 is 0 Å². The molecule has 3 rings (SSSR count). The summed E-state index contributed by atoms with van der Waals surface area (Å²) < 4.78 is 5.42. The van der Waals surface area contributed by atoms with E-state index in [0.29, 0.717) is 11.0 Å². The number of nitrogens with two attached hydrogens (primary N) is 1. The van der Waals surface area contributed by atoms with Gasteiger partial charge in [0.25, 0.3) is 0 Å². The number of hydrogen-bond donors (Lipinski definition) is 2. The quantitative estimate of drug-likeness (QED) is 0.817. The Hall–Kier alpha value is -1.89. The molecule has 0 radical (unpaired) electrons. The first-order chi connectivity index (χ1) is 11.2. The molecule has 2 heterocycles. The van der Waals surface area contributed by atoms with Gasteiger partial charge in [-0.3, -0.25) is 4.90 Å². The fraction of sp³-hybridized carbons (Fsp3) is 0.375. The van der Waals surface area contributed by atoms with Crippen molar-refractivity contribution in [3.05, 3.63) is 47.1 Å². The van der Waals surface area contributed by atoms with E-state index in [1.54, 1.807) is 6.07 Å². The summed E-state index contributed by atoms with van der Waals surface area (Å²) in [5.74, 6) is 0.794. The van der Waals surface area contributed by atoms with E-state index in [-0.39, 0.29) is 12.0 Å². The van der Waals surface area contributed by atoms with Crippen molar-refractivity contribution < 1.29 is 4.74 Å². The Kier molecular flexibility index (Phi) is 5.27. The van der Waals surface area contributed by atoms with Crippen LogP contribution in [-0.4, -0.2) is 47.7 Å². The molecule has 6 nitrogen and oxygen atoms in total. The standard InChI is InChI=1S/C16H20ClN5O/c17-14-10-15(21-16(18)20-14)19-13(12-4-2-1-3-5-12)11-22-6-8-23-9-7-22/h1-5,10,13H,6-9,11H2,(H3,18,19,20,21). The van der Waals surface area contributed by atoms with Crippen LogP contribution >= 0.6 is 11.6 Å². The summed E-state index contributed by atoms with van der Waals surface area (Å²) in [4.78, 5) is 10.5. The zero-order valence-corrected chi connectivity index (χ0v) is 13.5. The smallest absolute Gasteiger partial charge is 0.223 e. The van der Waals surface area contributed by atoms with Crippen molar-refractivity contribution in [2.45, 2.75) is 6.04 Å². The maximum absolute atomic E-state index is 5.97. The van der Waals surface area contributed by atoms with Crippen LogP contribution in [0, 0.1) is 0 Å². The number of rotatable bonds is 5. The molecule has 0 amide bonds. The van der Waals surface area contributed by atoms with Crippen LogP contribution in [0.15, 0.2) is 36.4 Å². The third-order valence-electron chi connectivity index (χ3n) is 3.78. The van der Waals surface area contributed by atoms with Crippen LogP contribution in [0.3, 0.4) is 0 Å². The summed E-state index contributed by atoms with van der Waals surface area (Å²) in [6.45, 7) is 4.26. The van der Waals surface area contributed by atoms with Gasteiger partial charge in [-0.1, -0.05) is 41.9 Å². The molecule has 1 saturated heterocycles. The lowest BCUT2D eigenvalue weighted by Crippen LogP contribution is -2.40. The van der Waals surface area contributed by atoms with E-state index in [2.05, 4.69) is 32.3 Å². The van der Waals surface area contributed by atoms with Gasteiger partial charge in [0.2, 0.25) is 5.95 Å². The van der Waals surface area contributed by atoms with Gasteiger partial charge in [0, 0.05) is 25.7 Å². The van der Waals surface area contributed by atoms with E-state index in [4.69, 9.17) is 22.1 Å². The van der Waals surface area contributed by atoms with E-state index in [1.165, 1.54) is 5.56 Å². The predicted octanol–water partition coefficient (Wildman–Crippen LogP) is 2.20. The first-order valence-corrected chi connectivity index (χ1v) is 8.00. The third kappa shape index (κ3) is 4.54. The van der Waals surface area contributed by atoms with Crippen LogP contribution in [-0.2, 0) is 4.74 Å². The van der Waals surface area contributed by atoms with Crippen LogP contribution in [0.1, 0.15) is 11.6 Å². The number of aromatic nitrogens is 2. The van der Waals surface area contributed by atoms with E-state index in [0.717, 1.165) is 32.8 Å². The SMILES string of the molecule is Nc1nc(Cl)cc(NC(CN2CCOCC2)c2ccccc2)n1. The summed E-state index contributed by atoms with van der Waals surface area (Å²) in [6.07, 6.45) is 0. The first-order valence-electron chi connectivity index (χ1n) is 7.62. The maximum Gasteiger partial charge on any atom is 0.223 e. The lowest BCUT2D eigenvalue weighted by molar-refractivity contribution is 0.0360. The zero-order valence-electron chi connectivity index (χ0n) is 12.8. The molecule has 0 bridgehead atoms. The van der Waals surface area contributed by atoms with Crippen molar-refractivity contribution in [1.82, 2.24) is 14.9 Å². The van der Waals surface area contributed by atoms with Gasteiger partial charge in [0.15, 0.2) is 0 Å². The highest BCUT2D eigenvalue weighted by molar-refractivity contribution is 6.29. The van der Waals surface area contributed by atoms with Crippen LogP contribution < -0.4 is 11.1 Å². The molecule has 122 valence electrons. The number of nitrogens with one attached hydrogen (secondary N) is 1. The van der Waals surface area contributed by atoms with Crippen molar-refractivity contribution in [3.8, 4) is 0 Å². The monoisotopic (exact) mass is 333 g/mol. The maximum atomic E-state index is 5.97. The highest BCUT2D eigenvalue weighted by atomic mass is 35.5. The Morgan fingerprint density at radius 1 is 1.22 bits per heavy atom. The zero-order chi connectivity index (χ0) is 16.1. The van der Waals surface area contributed by atoms with Crippen LogP contribution in [0.4, 0.5) is 11.8 Å². The fourth-order valence-electron chi connectivity index (χ4n) is 2.65. The molecule has 7 heteroatoms. The molecule has 23 heavy (non-hydrogen) atoms. The third-order valence-corrected chi connectivity index (χ3v) is 3.97. The molecule has 3 N–H and O–H groups in total. The predicted molar refractivity (Wildman–Crippen MR) is 91.5 cm³/mol. The Bertz CT molecular complexity index is 613. The average Bonchev–Trinajstić information content (AvgIpc) is 2.55. The molecule has 1 aliphatic rings. The number of anilines is 2. The summed E-state index contributed by atoms with van der Waals surface area (Å²) in [7, 11) is 0. The van der Waals surface area contributed by atoms with Crippen LogP contribution in [0.5, 0.6) is 0 Å². The minimum Gasteiger partial charge on any atom is -0.379 e. The Balaban J connectivity index is 1.79. The van der Waals surface area contributed by atoms with Crippen molar-refractivity contribution in [1.29, 1.82) is 0 Å². The molecule has 0 saturated carbocycles. The van der Waals surface area contributed by atoms with Crippen molar-refractivity contribution in [2.24, 2.45) is 0 Å². The lowest BCUT2D eigenvalue weighted by Gasteiger charge is -2.31. The molecule has 1 aromatic heterocycles. The number of ether oxygens (including phenoxy) is 1. The number of benzene rings is 1. The van der Waals surface area contributed by atoms with Crippen molar-refractivity contribution >= 4 is 23.4 Å². The topological polar surface area (TPSA) is 76.3 Å². The molecule has 2 aromatic rings. The van der Waals surface area contributed by atoms with Gasteiger partial charge in [0.1, 0.15) is 11.0 Å². The minimum absolute atomic E-state index is 0.0830. The highest BCUT2D eigenvalue weighted by Gasteiger charge is 2.19. The molecule has 1 fully saturated rings. The minimum atomic E-state index is 0.0830. The molecule has 0 spiro atoms. The van der Waals surface area contributed by atoms with E-state index < -0.39 is 0 Å². The molecule has 1 atom stereocenters. The number of hydrogen-bond acceptors (Lipinski definition) is 6. The first kappa shape index (κ1) is 16.0. The Labute approximate surface area is 140 Å². The van der Waals surface area contributed by atoms with Gasteiger partial charge < -0.3 is 15.8 Å². The van der Waals surface area contributed by atoms with Gasteiger partial charge in [-0.2, -0.15) is 4.98 Å². The summed E-state index contributed by atoms with van der Waals surface area (Å²) >= 11 is 5.97. The summed E-state index contributed by atoms with van der Waals surface area (Å²) in [6, 6.07) is 12.0. The normalized spacial score (nSPS) is 16.9. The second kappa shape index (κ2) is 7.59. The van der Waals surface area contributed by atoms with Crippen LogP contribution in [0.25, 0.3) is 0 Å². The van der Waals surface area contributed by atoms with Gasteiger partial charge in [-0.15, -0.1) is 0 Å². The van der Waals surface area contributed by atoms with Crippen LogP contribution in [0.2, 0.25) is 5.15 Å². The summed E-state index contributed by atoms with van der Waals surface area (Å²) in [5, 5.41) is 3.76. The average molecular weight is 334 g/mol. The number of halogens is 1. The van der Waals surface area contributed by atoms with Gasteiger partial charge in [-0.05, 0) is 5.56 Å². The number of morpholine rings is 1. The van der Waals surface area contributed by atoms with E-state index >= 15 is 0 Å². The van der Waals surface area contributed by atoms with E-state index in [1.807, 2.05) is 18.2 Å². The number of nitrogen functional groups attached to an aromatic ring is 1. The fourth-order valence-corrected chi connectivity index (χ4v) is 2.84. The van der Waals surface area contributed by atoms with Crippen molar-refractivity contribution in [3.63, 3.8) is 0 Å². The molecular weight excluding hydrogens is 314 g/mol. The molecule has 0 aliphatic carbocycles. The van der Waals surface area contributed by atoms with Gasteiger partial charge in [0.05, 0.1) is 19.3 Å². The Morgan fingerprint density at radius 3 is 2.65 bits per heavy atom. The Morgan fingerprint density at radius 2 is 1.96 bits per heavy atom. The molecular formula is C16H20ClN5O. The highest BCUT2D eigenvalue weighted by Crippen LogP contribution is 2.22. The van der Waals surface area contributed by atoms with Gasteiger partial charge in [-0.25, -0.2) is 4.98 Å². The second-order valence-electron chi connectivity index (χ2n) is 5.45. The van der Waals surface area contributed by atoms with Crippen molar-refractivity contribution in [2.75, 3.05) is 43.9 Å². The largest absolute Gasteiger partial charge is 0.379 e. The molecule has 1 unspecified atom stereocenters.